The highest BCUT2D eigenvalue weighted by atomic mass is 32.2. The number of hydrogen-bond donors (Lipinski definition) is 1. The molecule has 0 spiro atoms. The molecule has 0 aromatic carbocycles. The van der Waals surface area contributed by atoms with Crippen molar-refractivity contribution < 1.29 is 14.6 Å². The van der Waals surface area contributed by atoms with E-state index in [-0.39, 0.29) is 13.2 Å². The van der Waals surface area contributed by atoms with Crippen molar-refractivity contribution in [2.24, 2.45) is 0 Å². The Kier molecular flexibility index (Phi) is 4.23. The standard InChI is InChI=1S/C12H20O3S/c1-6-9(2)16-10(3)12(13)7-14-11(4,5)15-8-12/h6,13H,3,7-8H2,1-2,4-5H3/b9-6-. The van der Waals surface area contributed by atoms with Crippen LogP contribution in [0, 0.1) is 0 Å². The maximum atomic E-state index is 10.3. The first kappa shape index (κ1) is 13.8. The number of rotatable bonds is 3. The molecule has 0 saturated carbocycles. The van der Waals surface area contributed by atoms with E-state index < -0.39 is 11.4 Å². The molecule has 0 unspecified atom stereocenters. The fourth-order valence-electron chi connectivity index (χ4n) is 1.18. The van der Waals surface area contributed by atoms with Crippen LogP contribution in [0.1, 0.15) is 27.7 Å². The predicted molar refractivity (Wildman–Crippen MR) is 67.1 cm³/mol. The fraction of sp³-hybridized carbons (Fsp3) is 0.667. The van der Waals surface area contributed by atoms with E-state index in [9.17, 15) is 5.11 Å². The largest absolute Gasteiger partial charge is 0.380 e. The summed E-state index contributed by atoms with van der Waals surface area (Å²) in [4.78, 5) is 1.77. The zero-order valence-corrected chi connectivity index (χ0v) is 11.2. The predicted octanol–water partition coefficient (Wildman–Crippen LogP) is 2.67. The summed E-state index contributed by atoms with van der Waals surface area (Å²) in [5.74, 6) is -0.618. The van der Waals surface area contributed by atoms with E-state index >= 15 is 0 Å². The molecular weight excluding hydrogens is 224 g/mol. The SMILES string of the molecule is C=C(S/C(C)=C\C)C1(O)COC(C)(C)OC1. The topological polar surface area (TPSA) is 38.7 Å². The van der Waals surface area contributed by atoms with Crippen LogP contribution in [-0.4, -0.2) is 29.7 Å². The molecule has 1 aliphatic rings. The number of thioether (sulfide) groups is 1. The summed E-state index contributed by atoms with van der Waals surface area (Å²) in [6, 6.07) is 0. The highest BCUT2D eigenvalue weighted by molar-refractivity contribution is 8.06. The average molecular weight is 244 g/mol. The molecule has 1 fully saturated rings. The smallest absolute Gasteiger partial charge is 0.163 e. The van der Waals surface area contributed by atoms with E-state index in [0.29, 0.717) is 4.91 Å². The number of allylic oxidation sites excluding steroid dienone is 2. The van der Waals surface area contributed by atoms with Crippen molar-refractivity contribution in [1.82, 2.24) is 0 Å². The molecule has 1 heterocycles. The zero-order chi connectivity index (χ0) is 12.4. The van der Waals surface area contributed by atoms with Crippen LogP contribution in [0.3, 0.4) is 0 Å². The van der Waals surface area contributed by atoms with Gasteiger partial charge in [-0.05, 0) is 32.6 Å². The molecule has 0 radical (unpaired) electrons. The molecule has 1 rings (SSSR count). The quantitative estimate of drug-likeness (QED) is 0.828. The van der Waals surface area contributed by atoms with Crippen LogP contribution in [0.5, 0.6) is 0 Å². The Bertz CT molecular complexity index is 297. The monoisotopic (exact) mass is 244 g/mol. The average Bonchev–Trinajstić information content (AvgIpc) is 2.22. The third-order valence-electron chi connectivity index (χ3n) is 2.53. The maximum absolute atomic E-state index is 10.3. The lowest BCUT2D eigenvalue weighted by Crippen LogP contribution is -2.51. The van der Waals surface area contributed by atoms with E-state index in [0.717, 1.165) is 4.91 Å². The first-order chi connectivity index (χ1) is 7.29. The zero-order valence-electron chi connectivity index (χ0n) is 10.4. The minimum Gasteiger partial charge on any atom is -0.380 e. The lowest BCUT2D eigenvalue weighted by molar-refractivity contribution is -0.291. The van der Waals surface area contributed by atoms with Gasteiger partial charge in [0.25, 0.3) is 0 Å². The summed E-state index contributed by atoms with van der Waals surface area (Å²) in [6.45, 7) is 11.9. The first-order valence-corrected chi connectivity index (χ1v) is 6.11. The minimum absolute atomic E-state index is 0.225. The Morgan fingerprint density at radius 1 is 1.38 bits per heavy atom. The molecule has 1 saturated heterocycles. The van der Waals surface area contributed by atoms with Gasteiger partial charge in [0.05, 0.1) is 13.2 Å². The van der Waals surface area contributed by atoms with Crippen molar-refractivity contribution in [1.29, 1.82) is 0 Å². The van der Waals surface area contributed by atoms with Crippen molar-refractivity contribution >= 4 is 11.8 Å². The number of hydrogen-bond acceptors (Lipinski definition) is 4. The minimum atomic E-state index is -1.09. The van der Waals surface area contributed by atoms with Gasteiger partial charge in [-0.3, -0.25) is 0 Å². The summed E-state index contributed by atoms with van der Waals surface area (Å²) in [5.41, 5.74) is -1.09. The molecule has 1 N–H and O–H groups in total. The molecule has 3 nitrogen and oxygen atoms in total. The van der Waals surface area contributed by atoms with Crippen LogP contribution < -0.4 is 0 Å². The van der Waals surface area contributed by atoms with E-state index in [1.165, 1.54) is 11.8 Å². The van der Waals surface area contributed by atoms with Gasteiger partial charge >= 0.3 is 0 Å². The van der Waals surface area contributed by atoms with Crippen LogP contribution in [-0.2, 0) is 9.47 Å². The van der Waals surface area contributed by atoms with Crippen molar-refractivity contribution in [3.05, 3.63) is 22.5 Å². The van der Waals surface area contributed by atoms with Crippen LogP contribution >= 0.6 is 11.8 Å². The van der Waals surface area contributed by atoms with Gasteiger partial charge in [-0.2, -0.15) is 0 Å². The number of aliphatic hydroxyl groups is 1. The Labute approximate surface area is 102 Å². The van der Waals surface area contributed by atoms with Crippen molar-refractivity contribution in [2.45, 2.75) is 39.1 Å². The molecule has 0 atom stereocenters. The Hall–Kier alpha value is -0.290. The third-order valence-corrected chi connectivity index (χ3v) is 3.71. The van der Waals surface area contributed by atoms with Gasteiger partial charge in [-0.25, -0.2) is 0 Å². The van der Waals surface area contributed by atoms with Gasteiger partial charge in [0, 0.05) is 4.91 Å². The molecular formula is C12H20O3S. The molecule has 1 aliphatic heterocycles. The summed E-state index contributed by atoms with van der Waals surface area (Å²) < 4.78 is 10.9. The molecule has 0 aliphatic carbocycles. The molecule has 0 aromatic rings. The second kappa shape index (κ2) is 4.92. The second-order valence-electron chi connectivity index (χ2n) is 4.43. The van der Waals surface area contributed by atoms with Crippen LogP contribution in [0.15, 0.2) is 22.5 Å². The Balaban J connectivity index is 2.63. The van der Waals surface area contributed by atoms with E-state index in [1.54, 1.807) is 0 Å². The van der Waals surface area contributed by atoms with Gasteiger partial charge in [0.15, 0.2) is 5.79 Å². The van der Waals surface area contributed by atoms with Gasteiger partial charge < -0.3 is 14.6 Å². The fourth-order valence-corrected chi connectivity index (χ4v) is 1.99. The van der Waals surface area contributed by atoms with E-state index in [1.807, 2.05) is 33.8 Å². The van der Waals surface area contributed by atoms with Crippen LogP contribution in [0.2, 0.25) is 0 Å². The highest BCUT2D eigenvalue weighted by Gasteiger charge is 2.40. The summed E-state index contributed by atoms with van der Waals surface area (Å²) in [5, 5.41) is 10.3. The summed E-state index contributed by atoms with van der Waals surface area (Å²) in [6.07, 6.45) is 1.98. The van der Waals surface area contributed by atoms with Gasteiger partial charge in [-0.1, -0.05) is 24.4 Å². The van der Waals surface area contributed by atoms with Crippen LogP contribution in [0.4, 0.5) is 0 Å². The maximum Gasteiger partial charge on any atom is 0.163 e. The molecule has 92 valence electrons. The molecule has 4 heteroatoms. The Morgan fingerprint density at radius 3 is 2.31 bits per heavy atom. The summed E-state index contributed by atoms with van der Waals surface area (Å²) in [7, 11) is 0. The molecule has 0 amide bonds. The van der Waals surface area contributed by atoms with Gasteiger partial charge in [0.2, 0.25) is 0 Å². The summed E-state index contributed by atoms with van der Waals surface area (Å²) >= 11 is 1.46. The van der Waals surface area contributed by atoms with Crippen molar-refractivity contribution in [3.8, 4) is 0 Å². The van der Waals surface area contributed by atoms with E-state index in [4.69, 9.17) is 9.47 Å². The third kappa shape index (κ3) is 3.35. The van der Waals surface area contributed by atoms with Crippen molar-refractivity contribution in [3.63, 3.8) is 0 Å². The molecule has 0 aromatic heterocycles. The Morgan fingerprint density at radius 2 is 1.88 bits per heavy atom. The first-order valence-electron chi connectivity index (χ1n) is 5.29. The number of ether oxygens (including phenoxy) is 2. The van der Waals surface area contributed by atoms with Crippen LogP contribution in [0.25, 0.3) is 0 Å². The van der Waals surface area contributed by atoms with E-state index in [2.05, 4.69) is 6.58 Å². The lowest BCUT2D eigenvalue weighted by atomic mass is 10.1. The lowest BCUT2D eigenvalue weighted by Gasteiger charge is -2.40. The van der Waals surface area contributed by atoms with Crippen molar-refractivity contribution in [2.75, 3.05) is 13.2 Å². The van der Waals surface area contributed by atoms with Gasteiger partial charge in [-0.15, -0.1) is 0 Å². The second-order valence-corrected chi connectivity index (χ2v) is 5.77. The highest BCUT2D eigenvalue weighted by Crippen LogP contribution is 2.36. The van der Waals surface area contributed by atoms with Gasteiger partial charge in [0.1, 0.15) is 5.60 Å². The molecule has 0 bridgehead atoms. The molecule has 16 heavy (non-hydrogen) atoms. The normalized spacial score (nSPS) is 24.2.